The Morgan fingerprint density at radius 3 is 2.64 bits per heavy atom. The molecule has 1 amide bonds. The normalized spacial score (nSPS) is 12.9. The molecule has 1 aromatic rings. The maximum absolute atomic E-state index is 11.2. The summed E-state index contributed by atoms with van der Waals surface area (Å²) >= 11 is 5.57. The first-order valence-electron chi connectivity index (χ1n) is 4.42. The van der Waals surface area contributed by atoms with Gasteiger partial charge in [-0.15, -0.1) is 11.6 Å². The molecule has 0 bridgehead atoms. The molecule has 4 nitrogen and oxygen atoms in total. The molecule has 1 atom stereocenters. The van der Waals surface area contributed by atoms with E-state index < -0.39 is 5.38 Å². The van der Waals surface area contributed by atoms with Crippen LogP contribution in [0.1, 0.15) is 32.4 Å². The van der Waals surface area contributed by atoms with Crippen molar-refractivity contribution < 1.29 is 9.32 Å². The lowest BCUT2D eigenvalue weighted by Crippen LogP contribution is -2.19. The molecule has 0 aliphatic rings. The average Bonchev–Trinajstić information content (AvgIpc) is 2.52. The molecule has 0 fully saturated rings. The first-order valence-corrected chi connectivity index (χ1v) is 4.86. The van der Waals surface area contributed by atoms with E-state index in [0.717, 1.165) is 5.69 Å². The Morgan fingerprint density at radius 2 is 2.21 bits per heavy atom. The van der Waals surface area contributed by atoms with Crippen LogP contribution in [0.25, 0.3) is 0 Å². The minimum absolute atomic E-state index is 0.276. The number of amides is 1. The maximum atomic E-state index is 11.2. The Morgan fingerprint density at radius 1 is 1.57 bits per heavy atom. The second kappa shape index (κ2) is 4.46. The molecule has 0 aromatic carbocycles. The van der Waals surface area contributed by atoms with Gasteiger partial charge in [0.15, 0.2) is 0 Å². The summed E-state index contributed by atoms with van der Waals surface area (Å²) in [7, 11) is 0. The average molecular weight is 217 g/mol. The lowest BCUT2D eigenvalue weighted by molar-refractivity contribution is -0.115. The highest BCUT2D eigenvalue weighted by atomic mass is 35.5. The minimum atomic E-state index is -0.581. The maximum Gasteiger partial charge on any atom is 0.244 e. The number of carbonyl (C=O) groups excluding carboxylic acids is 1. The third-order valence-electron chi connectivity index (χ3n) is 1.73. The molecule has 1 N–H and O–H groups in total. The van der Waals surface area contributed by atoms with Gasteiger partial charge in [0.05, 0.1) is 5.69 Å². The van der Waals surface area contributed by atoms with Gasteiger partial charge in [0, 0.05) is 6.07 Å². The van der Waals surface area contributed by atoms with Crippen LogP contribution < -0.4 is 5.32 Å². The second-order valence-corrected chi connectivity index (χ2v) is 4.03. The number of alkyl halides is 1. The summed E-state index contributed by atoms with van der Waals surface area (Å²) in [5.41, 5.74) is 0.808. The Bertz CT molecular complexity index is 320. The van der Waals surface area contributed by atoms with E-state index in [1.807, 2.05) is 13.8 Å². The second-order valence-electron chi connectivity index (χ2n) is 3.38. The van der Waals surface area contributed by atoms with Crippen LogP contribution in [0.5, 0.6) is 0 Å². The van der Waals surface area contributed by atoms with Crippen molar-refractivity contribution in [3.05, 3.63) is 11.8 Å². The third-order valence-corrected chi connectivity index (χ3v) is 1.93. The summed E-state index contributed by atoms with van der Waals surface area (Å²) in [6.07, 6.45) is 0. The summed E-state index contributed by atoms with van der Waals surface area (Å²) in [4.78, 5) is 11.2. The molecule has 14 heavy (non-hydrogen) atoms. The molecule has 0 saturated heterocycles. The van der Waals surface area contributed by atoms with Gasteiger partial charge in [-0.25, -0.2) is 0 Å². The number of nitrogens with zero attached hydrogens (tertiary/aromatic N) is 1. The summed E-state index contributed by atoms with van der Waals surface area (Å²) in [6.45, 7) is 5.58. The number of hydrogen-bond donors (Lipinski definition) is 1. The summed E-state index contributed by atoms with van der Waals surface area (Å²) < 4.78 is 4.91. The van der Waals surface area contributed by atoms with Crippen LogP contribution >= 0.6 is 11.6 Å². The van der Waals surface area contributed by atoms with Crippen molar-refractivity contribution in [2.24, 2.45) is 0 Å². The standard InChI is InChI=1S/C9H13ClN2O2/c1-5(2)7-4-8(14-12-7)11-9(13)6(3)10/h4-6H,1-3H3,(H,11,13). The molecule has 1 aromatic heterocycles. The zero-order valence-electron chi connectivity index (χ0n) is 8.37. The molecule has 0 aliphatic heterocycles. The molecule has 0 aliphatic carbocycles. The van der Waals surface area contributed by atoms with E-state index in [-0.39, 0.29) is 11.8 Å². The molecule has 78 valence electrons. The highest BCUT2D eigenvalue weighted by Gasteiger charge is 2.13. The fraction of sp³-hybridized carbons (Fsp3) is 0.556. The zero-order chi connectivity index (χ0) is 10.7. The van der Waals surface area contributed by atoms with Crippen molar-refractivity contribution in [2.45, 2.75) is 32.1 Å². The molecular formula is C9H13ClN2O2. The predicted molar refractivity (Wildman–Crippen MR) is 54.5 cm³/mol. The third kappa shape index (κ3) is 2.73. The Labute approximate surface area is 87.6 Å². The van der Waals surface area contributed by atoms with E-state index in [4.69, 9.17) is 16.1 Å². The van der Waals surface area contributed by atoms with Gasteiger partial charge in [0.2, 0.25) is 11.8 Å². The van der Waals surface area contributed by atoms with Crippen molar-refractivity contribution in [1.82, 2.24) is 5.16 Å². The number of carbonyl (C=O) groups is 1. The zero-order valence-corrected chi connectivity index (χ0v) is 9.13. The number of hydrogen-bond acceptors (Lipinski definition) is 3. The molecule has 0 spiro atoms. The SMILES string of the molecule is CC(Cl)C(=O)Nc1cc(C(C)C)no1. The first kappa shape index (κ1) is 11.0. The fourth-order valence-corrected chi connectivity index (χ4v) is 0.895. The molecule has 1 unspecified atom stereocenters. The number of anilines is 1. The highest BCUT2D eigenvalue weighted by Crippen LogP contribution is 2.17. The van der Waals surface area contributed by atoms with Gasteiger partial charge in [-0.2, -0.15) is 0 Å². The van der Waals surface area contributed by atoms with E-state index in [1.165, 1.54) is 0 Å². The highest BCUT2D eigenvalue weighted by molar-refractivity contribution is 6.32. The Balaban J connectivity index is 2.64. The van der Waals surface area contributed by atoms with Crippen molar-refractivity contribution in [2.75, 3.05) is 5.32 Å². The predicted octanol–water partition coefficient (Wildman–Crippen LogP) is 2.36. The van der Waals surface area contributed by atoms with Gasteiger partial charge in [-0.05, 0) is 12.8 Å². The van der Waals surface area contributed by atoms with Gasteiger partial charge in [0.25, 0.3) is 0 Å². The van der Waals surface area contributed by atoms with E-state index in [1.54, 1.807) is 13.0 Å². The van der Waals surface area contributed by atoms with E-state index in [0.29, 0.717) is 5.88 Å². The summed E-state index contributed by atoms with van der Waals surface area (Å²) in [5.74, 6) is 0.321. The van der Waals surface area contributed by atoms with Crippen LogP contribution in [-0.4, -0.2) is 16.4 Å². The Hall–Kier alpha value is -1.03. The van der Waals surface area contributed by atoms with Crippen LogP contribution in [0.4, 0.5) is 5.88 Å². The largest absolute Gasteiger partial charge is 0.338 e. The smallest absolute Gasteiger partial charge is 0.244 e. The molecular weight excluding hydrogens is 204 g/mol. The van der Waals surface area contributed by atoms with Gasteiger partial charge in [0.1, 0.15) is 5.38 Å². The lowest BCUT2D eigenvalue weighted by atomic mass is 10.1. The quantitative estimate of drug-likeness (QED) is 0.790. The number of aromatic nitrogens is 1. The van der Waals surface area contributed by atoms with E-state index in [2.05, 4.69) is 10.5 Å². The molecule has 5 heteroatoms. The fourth-order valence-electron chi connectivity index (χ4n) is 0.841. The molecule has 0 radical (unpaired) electrons. The van der Waals surface area contributed by atoms with Crippen molar-refractivity contribution in [3.8, 4) is 0 Å². The van der Waals surface area contributed by atoms with Crippen LogP contribution in [0.3, 0.4) is 0 Å². The molecule has 1 heterocycles. The van der Waals surface area contributed by atoms with Crippen LogP contribution in [0, 0.1) is 0 Å². The first-order chi connectivity index (χ1) is 6.50. The minimum Gasteiger partial charge on any atom is -0.338 e. The van der Waals surface area contributed by atoms with Crippen LogP contribution in [-0.2, 0) is 4.79 Å². The summed E-state index contributed by atoms with van der Waals surface area (Å²) in [5, 5.41) is 5.73. The van der Waals surface area contributed by atoms with Gasteiger partial charge >= 0.3 is 0 Å². The van der Waals surface area contributed by atoms with Gasteiger partial charge in [-0.3, -0.25) is 10.1 Å². The number of rotatable bonds is 3. The number of nitrogens with one attached hydrogen (secondary N) is 1. The van der Waals surface area contributed by atoms with Crippen LogP contribution in [0.15, 0.2) is 10.6 Å². The van der Waals surface area contributed by atoms with Gasteiger partial charge < -0.3 is 4.52 Å². The van der Waals surface area contributed by atoms with E-state index in [9.17, 15) is 4.79 Å². The van der Waals surface area contributed by atoms with E-state index >= 15 is 0 Å². The Kier molecular flexibility index (Phi) is 3.52. The van der Waals surface area contributed by atoms with Crippen molar-refractivity contribution in [1.29, 1.82) is 0 Å². The number of halogens is 1. The molecule has 1 rings (SSSR count). The monoisotopic (exact) mass is 216 g/mol. The molecule has 0 saturated carbocycles. The lowest BCUT2D eigenvalue weighted by Gasteiger charge is -2.00. The van der Waals surface area contributed by atoms with Crippen LogP contribution in [0.2, 0.25) is 0 Å². The van der Waals surface area contributed by atoms with Gasteiger partial charge in [-0.1, -0.05) is 19.0 Å². The van der Waals surface area contributed by atoms with Crippen molar-refractivity contribution >= 4 is 23.4 Å². The van der Waals surface area contributed by atoms with Crippen molar-refractivity contribution in [3.63, 3.8) is 0 Å². The summed E-state index contributed by atoms with van der Waals surface area (Å²) in [6, 6.07) is 1.70. The topological polar surface area (TPSA) is 55.1 Å².